The molecular formula is C21H28N2O6S. The fourth-order valence-corrected chi connectivity index (χ4v) is 4.08. The van der Waals surface area contributed by atoms with Crippen molar-refractivity contribution in [2.45, 2.75) is 30.7 Å². The zero-order chi connectivity index (χ0) is 22.1. The third-order valence-electron chi connectivity index (χ3n) is 4.31. The lowest BCUT2D eigenvalue weighted by atomic mass is 10.1. The SMILES string of the molecule is COCC(C)NS(=O)(=O)c1ccc(NC(=O)CCc2ccc(OC)c(OC)c2)cc1. The van der Waals surface area contributed by atoms with Gasteiger partial charge in [-0.1, -0.05) is 6.07 Å². The van der Waals surface area contributed by atoms with Crippen LogP contribution in [0, 0.1) is 0 Å². The predicted molar refractivity (Wildman–Crippen MR) is 115 cm³/mol. The molecule has 2 aromatic carbocycles. The molecule has 0 heterocycles. The van der Waals surface area contributed by atoms with E-state index in [-0.39, 0.29) is 29.9 Å². The Labute approximate surface area is 177 Å². The van der Waals surface area contributed by atoms with Crippen LogP contribution in [-0.4, -0.2) is 48.3 Å². The predicted octanol–water partition coefficient (Wildman–Crippen LogP) is 2.59. The summed E-state index contributed by atoms with van der Waals surface area (Å²) in [6.07, 6.45) is 0.797. The number of rotatable bonds is 11. The van der Waals surface area contributed by atoms with Gasteiger partial charge in [0, 0.05) is 25.3 Å². The largest absolute Gasteiger partial charge is 0.493 e. The Hall–Kier alpha value is -2.62. The monoisotopic (exact) mass is 436 g/mol. The second-order valence-corrected chi connectivity index (χ2v) is 8.45. The van der Waals surface area contributed by atoms with Crippen LogP contribution in [0.25, 0.3) is 0 Å². The first-order valence-corrected chi connectivity index (χ1v) is 10.9. The first-order valence-electron chi connectivity index (χ1n) is 9.41. The molecule has 2 rings (SSSR count). The smallest absolute Gasteiger partial charge is 0.240 e. The van der Waals surface area contributed by atoms with Crippen LogP contribution in [-0.2, 0) is 26.0 Å². The van der Waals surface area contributed by atoms with Crippen LogP contribution in [0.4, 0.5) is 5.69 Å². The Morgan fingerprint density at radius 1 is 1.00 bits per heavy atom. The summed E-state index contributed by atoms with van der Waals surface area (Å²) >= 11 is 0. The van der Waals surface area contributed by atoms with E-state index < -0.39 is 10.0 Å². The fourth-order valence-electron chi connectivity index (χ4n) is 2.85. The minimum atomic E-state index is -3.65. The Morgan fingerprint density at radius 3 is 2.27 bits per heavy atom. The average Bonchev–Trinajstić information content (AvgIpc) is 2.72. The van der Waals surface area contributed by atoms with Gasteiger partial charge in [0.25, 0.3) is 0 Å². The molecule has 2 N–H and O–H groups in total. The van der Waals surface area contributed by atoms with Crippen molar-refractivity contribution < 1.29 is 27.4 Å². The molecule has 164 valence electrons. The van der Waals surface area contributed by atoms with E-state index in [1.807, 2.05) is 12.1 Å². The molecule has 30 heavy (non-hydrogen) atoms. The lowest BCUT2D eigenvalue weighted by molar-refractivity contribution is -0.116. The van der Waals surface area contributed by atoms with Crippen molar-refractivity contribution in [3.63, 3.8) is 0 Å². The van der Waals surface area contributed by atoms with Gasteiger partial charge in [0.2, 0.25) is 15.9 Å². The molecule has 0 spiro atoms. The highest BCUT2D eigenvalue weighted by Gasteiger charge is 2.17. The topological polar surface area (TPSA) is 103 Å². The summed E-state index contributed by atoms with van der Waals surface area (Å²) in [6.45, 7) is 1.99. The number of anilines is 1. The average molecular weight is 437 g/mol. The van der Waals surface area contributed by atoms with Crippen molar-refractivity contribution in [2.24, 2.45) is 0 Å². The molecule has 0 aromatic heterocycles. The molecule has 9 heteroatoms. The number of amides is 1. The van der Waals surface area contributed by atoms with Crippen molar-refractivity contribution in [1.29, 1.82) is 0 Å². The Balaban J connectivity index is 1.93. The molecule has 8 nitrogen and oxygen atoms in total. The highest BCUT2D eigenvalue weighted by atomic mass is 32.2. The number of sulfonamides is 1. The molecule has 2 aromatic rings. The number of nitrogens with one attached hydrogen (secondary N) is 2. The van der Waals surface area contributed by atoms with Gasteiger partial charge in [-0.3, -0.25) is 4.79 Å². The zero-order valence-corrected chi connectivity index (χ0v) is 18.4. The van der Waals surface area contributed by atoms with Crippen molar-refractivity contribution >= 4 is 21.6 Å². The third kappa shape index (κ3) is 6.72. The molecule has 1 atom stereocenters. The lowest BCUT2D eigenvalue weighted by Gasteiger charge is -2.13. The summed E-state index contributed by atoms with van der Waals surface area (Å²) in [7, 11) is 0.986. The summed E-state index contributed by atoms with van der Waals surface area (Å²) in [5, 5.41) is 2.77. The van der Waals surface area contributed by atoms with Gasteiger partial charge < -0.3 is 19.5 Å². The number of hydrogen-bond donors (Lipinski definition) is 2. The number of hydrogen-bond acceptors (Lipinski definition) is 6. The van der Waals surface area contributed by atoms with Crippen LogP contribution in [0.3, 0.4) is 0 Å². The second-order valence-electron chi connectivity index (χ2n) is 6.74. The molecule has 0 fully saturated rings. The van der Waals surface area contributed by atoms with Gasteiger partial charge in [0.1, 0.15) is 0 Å². The van der Waals surface area contributed by atoms with E-state index in [9.17, 15) is 13.2 Å². The zero-order valence-electron chi connectivity index (χ0n) is 17.6. The van der Waals surface area contributed by atoms with Gasteiger partial charge in [0.15, 0.2) is 11.5 Å². The van der Waals surface area contributed by atoms with Gasteiger partial charge in [0.05, 0.1) is 25.7 Å². The number of carbonyl (C=O) groups is 1. The van der Waals surface area contributed by atoms with E-state index in [1.54, 1.807) is 39.3 Å². The van der Waals surface area contributed by atoms with E-state index in [1.165, 1.54) is 19.2 Å². The minimum Gasteiger partial charge on any atom is -0.493 e. The standard InChI is InChI=1S/C21H28N2O6S/c1-15(14-27-2)23-30(25,26)18-9-7-17(8-10-18)22-21(24)12-6-16-5-11-19(28-3)20(13-16)29-4/h5,7-11,13,15,23H,6,12,14H2,1-4H3,(H,22,24). The van der Waals surface area contributed by atoms with Crippen molar-refractivity contribution in [3.05, 3.63) is 48.0 Å². The summed E-state index contributed by atoms with van der Waals surface area (Å²) in [4.78, 5) is 12.4. The van der Waals surface area contributed by atoms with Crippen LogP contribution >= 0.6 is 0 Å². The number of methoxy groups -OCH3 is 3. The van der Waals surface area contributed by atoms with E-state index in [0.29, 0.717) is 23.6 Å². The highest BCUT2D eigenvalue weighted by Crippen LogP contribution is 2.28. The molecule has 0 bridgehead atoms. The molecule has 0 saturated heterocycles. The number of carbonyl (C=O) groups excluding carboxylic acids is 1. The lowest BCUT2D eigenvalue weighted by Crippen LogP contribution is -2.35. The Morgan fingerprint density at radius 2 is 1.67 bits per heavy atom. The quantitative estimate of drug-likeness (QED) is 0.561. The first-order chi connectivity index (χ1) is 14.3. The van der Waals surface area contributed by atoms with Gasteiger partial charge in [-0.05, 0) is 55.3 Å². The Bertz CT molecular complexity index is 944. The van der Waals surface area contributed by atoms with Gasteiger partial charge in [-0.15, -0.1) is 0 Å². The maximum absolute atomic E-state index is 12.3. The van der Waals surface area contributed by atoms with E-state index in [4.69, 9.17) is 14.2 Å². The minimum absolute atomic E-state index is 0.119. The van der Waals surface area contributed by atoms with E-state index in [2.05, 4.69) is 10.0 Å². The normalized spacial score (nSPS) is 12.3. The molecule has 0 aliphatic rings. The molecule has 0 aliphatic carbocycles. The number of benzene rings is 2. The van der Waals surface area contributed by atoms with E-state index >= 15 is 0 Å². The van der Waals surface area contributed by atoms with Gasteiger partial charge >= 0.3 is 0 Å². The maximum atomic E-state index is 12.3. The van der Waals surface area contributed by atoms with Crippen LogP contribution in [0.15, 0.2) is 47.4 Å². The number of aryl methyl sites for hydroxylation is 1. The van der Waals surface area contributed by atoms with Crippen molar-refractivity contribution in [3.8, 4) is 11.5 Å². The molecule has 1 unspecified atom stereocenters. The van der Waals surface area contributed by atoms with Crippen LogP contribution in [0.5, 0.6) is 11.5 Å². The van der Waals surface area contributed by atoms with Crippen LogP contribution in [0.1, 0.15) is 18.9 Å². The second kappa shape index (κ2) is 11.0. The third-order valence-corrected chi connectivity index (χ3v) is 5.92. The summed E-state index contributed by atoms with van der Waals surface area (Å²) in [5.74, 6) is 1.07. The Kier molecular flexibility index (Phi) is 8.64. The molecule has 0 aliphatic heterocycles. The summed E-state index contributed by atoms with van der Waals surface area (Å²) in [6, 6.07) is 11.2. The highest BCUT2D eigenvalue weighted by molar-refractivity contribution is 7.89. The number of ether oxygens (including phenoxy) is 3. The maximum Gasteiger partial charge on any atom is 0.240 e. The molecule has 0 saturated carbocycles. The van der Waals surface area contributed by atoms with Crippen LogP contribution in [0.2, 0.25) is 0 Å². The van der Waals surface area contributed by atoms with Crippen molar-refractivity contribution in [2.75, 3.05) is 33.3 Å². The van der Waals surface area contributed by atoms with Gasteiger partial charge in [-0.25, -0.2) is 13.1 Å². The molecule has 0 radical (unpaired) electrons. The molecular weight excluding hydrogens is 408 g/mol. The molecule has 1 amide bonds. The first kappa shape index (κ1) is 23.7. The van der Waals surface area contributed by atoms with Crippen LogP contribution < -0.4 is 19.5 Å². The summed E-state index contributed by atoms with van der Waals surface area (Å²) < 4.78 is 42.6. The van der Waals surface area contributed by atoms with E-state index in [0.717, 1.165) is 5.56 Å². The van der Waals surface area contributed by atoms with Gasteiger partial charge in [-0.2, -0.15) is 0 Å². The van der Waals surface area contributed by atoms with Crippen molar-refractivity contribution in [1.82, 2.24) is 4.72 Å². The summed E-state index contributed by atoms with van der Waals surface area (Å²) in [5.41, 5.74) is 1.47. The fraction of sp³-hybridized carbons (Fsp3) is 0.381.